The fraction of sp³-hybridized carbons (Fsp3) is 0.250. The van der Waals surface area contributed by atoms with Gasteiger partial charge in [0.05, 0.1) is 5.52 Å². The average Bonchev–Trinajstić information content (AvgIpc) is 2.69. The van der Waals surface area contributed by atoms with Gasteiger partial charge in [-0.3, -0.25) is 4.79 Å². The number of hydrogen-bond acceptors (Lipinski definition) is 4. The van der Waals surface area contributed by atoms with Gasteiger partial charge in [-0.05, 0) is 13.0 Å². The van der Waals surface area contributed by atoms with Gasteiger partial charge in [-0.25, -0.2) is 0 Å². The van der Waals surface area contributed by atoms with Gasteiger partial charge >= 0.3 is 0 Å². The van der Waals surface area contributed by atoms with E-state index in [-0.39, 0.29) is 18.2 Å². The Hall–Kier alpha value is -2.21. The van der Waals surface area contributed by atoms with Gasteiger partial charge in [0.1, 0.15) is 6.61 Å². The molecule has 0 radical (unpaired) electrons. The summed E-state index contributed by atoms with van der Waals surface area (Å²) in [6.07, 6.45) is 0. The predicted octanol–water partition coefficient (Wildman–Crippen LogP) is 2.52. The number of aromatic amines is 1. The number of amides is 1. The smallest absolute Gasteiger partial charge is 0.290 e. The van der Waals surface area contributed by atoms with Crippen LogP contribution in [0.2, 0.25) is 0 Å². The van der Waals surface area contributed by atoms with Crippen molar-refractivity contribution in [3.63, 3.8) is 0 Å². The van der Waals surface area contributed by atoms with Crippen LogP contribution in [0.15, 0.2) is 34.5 Å². The Morgan fingerprint density at radius 1 is 1.44 bits per heavy atom. The van der Waals surface area contributed by atoms with Crippen LogP contribution in [0.3, 0.4) is 0 Å². The normalized spacial score (nSPS) is 11.4. The van der Waals surface area contributed by atoms with Crippen LogP contribution in [0.4, 0.5) is 5.69 Å². The monoisotopic (exact) mass is 247 g/mol. The summed E-state index contributed by atoms with van der Waals surface area (Å²) in [5.41, 5.74) is 0.997. The molecule has 0 aliphatic carbocycles. The summed E-state index contributed by atoms with van der Waals surface area (Å²) >= 11 is 0. The molecule has 0 saturated carbocycles. The molecule has 1 amide bonds. The summed E-state index contributed by atoms with van der Waals surface area (Å²) in [5, 5.41) is 17.6. The van der Waals surface area contributed by atoms with E-state index in [1.807, 2.05) is 12.1 Å². The summed E-state index contributed by atoms with van der Waals surface area (Å²) in [6.45, 7) is 2.12. The van der Waals surface area contributed by atoms with Crippen LogP contribution >= 0.6 is 0 Å². The van der Waals surface area contributed by atoms with Crippen molar-refractivity contribution in [1.82, 2.24) is 4.98 Å². The van der Waals surface area contributed by atoms with Crippen LogP contribution in [-0.4, -0.2) is 29.2 Å². The minimum absolute atomic E-state index is 0.107. The minimum atomic E-state index is -0.485. The van der Waals surface area contributed by atoms with Crippen LogP contribution in [0.5, 0.6) is 5.88 Å². The van der Waals surface area contributed by atoms with Crippen molar-refractivity contribution in [3.05, 3.63) is 24.3 Å². The van der Waals surface area contributed by atoms with Crippen molar-refractivity contribution in [2.75, 3.05) is 13.2 Å². The number of benzene rings is 1. The van der Waals surface area contributed by atoms with Gasteiger partial charge in [-0.15, -0.1) is 10.2 Å². The molecule has 2 N–H and O–H groups in total. The molecule has 0 aliphatic heterocycles. The number of hydrogen-bond donors (Lipinski definition) is 2. The van der Waals surface area contributed by atoms with E-state index in [4.69, 9.17) is 4.74 Å². The zero-order valence-electron chi connectivity index (χ0n) is 9.88. The van der Waals surface area contributed by atoms with Crippen molar-refractivity contribution in [2.24, 2.45) is 10.2 Å². The molecular formula is C12H13N3O3. The second kappa shape index (κ2) is 5.42. The van der Waals surface area contributed by atoms with E-state index in [0.717, 1.165) is 5.52 Å². The highest BCUT2D eigenvalue weighted by Gasteiger charge is 2.09. The molecule has 2 aromatic rings. The lowest BCUT2D eigenvalue weighted by Crippen LogP contribution is -2.04. The maximum Gasteiger partial charge on any atom is 0.290 e. The molecule has 2 rings (SSSR count). The highest BCUT2D eigenvalue weighted by molar-refractivity contribution is 5.94. The van der Waals surface area contributed by atoms with Gasteiger partial charge < -0.3 is 14.8 Å². The van der Waals surface area contributed by atoms with E-state index in [2.05, 4.69) is 15.2 Å². The molecule has 94 valence electrons. The number of carbonyl (C=O) groups is 1. The number of H-pyrrole nitrogens is 1. The van der Waals surface area contributed by atoms with E-state index < -0.39 is 5.91 Å². The van der Waals surface area contributed by atoms with Crippen LogP contribution in [0, 0.1) is 0 Å². The molecule has 1 heterocycles. The molecular weight excluding hydrogens is 234 g/mol. The van der Waals surface area contributed by atoms with E-state index in [9.17, 15) is 9.90 Å². The summed E-state index contributed by atoms with van der Waals surface area (Å²) in [6, 6.07) is 7.24. The molecule has 6 heteroatoms. The molecule has 1 aromatic heterocycles. The lowest BCUT2D eigenvalue weighted by atomic mass is 10.2. The van der Waals surface area contributed by atoms with Gasteiger partial charge in [-0.1, -0.05) is 18.2 Å². The van der Waals surface area contributed by atoms with E-state index in [1.54, 1.807) is 19.1 Å². The Labute approximate surface area is 103 Å². The number of ether oxygens (including phenoxy) is 1. The number of fused-ring (bicyclic) bond motifs is 1. The van der Waals surface area contributed by atoms with Crippen LogP contribution in [0.1, 0.15) is 6.92 Å². The number of carbonyl (C=O) groups excluding carboxylic acids is 1. The third kappa shape index (κ3) is 2.54. The molecule has 6 nitrogen and oxygen atoms in total. The maximum atomic E-state index is 11.3. The first-order valence-corrected chi connectivity index (χ1v) is 5.54. The van der Waals surface area contributed by atoms with Gasteiger partial charge in [-0.2, -0.15) is 0 Å². The fourth-order valence-corrected chi connectivity index (χ4v) is 1.54. The average molecular weight is 247 g/mol. The maximum absolute atomic E-state index is 11.3. The Kier molecular flexibility index (Phi) is 3.69. The standard InChI is InChI=1S/C12H13N3O3/c1-2-18-7-10(16)14-15-11-8-5-3-4-6-9(8)13-12(11)17/h3-6,13,17H,2,7H2,1H3. The molecule has 0 aliphatic rings. The number of rotatable bonds is 4. The second-order valence-electron chi connectivity index (χ2n) is 3.60. The zero-order chi connectivity index (χ0) is 13.0. The van der Waals surface area contributed by atoms with E-state index in [1.165, 1.54) is 0 Å². The molecule has 0 spiro atoms. The Bertz CT molecular complexity index is 589. The van der Waals surface area contributed by atoms with Crippen molar-refractivity contribution in [2.45, 2.75) is 6.92 Å². The molecule has 0 bridgehead atoms. The first-order chi connectivity index (χ1) is 8.72. The van der Waals surface area contributed by atoms with Crippen LogP contribution in [0.25, 0.3) is 10.9 Å². The third-order valence-electron chi connectivity index (χ3n) is 2.35. The Balaban J connectivity index is 2.23. The number of nitrogens with zero attached hydrogens (tertiary/aromatic N) is 2. The number of aromatic hydroxyl groups is 1. The molecule has 0 saturated heterocycles. The van der Waals surface area contributed by atoms with Crippen molar-refractivity contribution >= 4 is 22.5 Å². The third-order valence-corrected chi connectivity index (χ3v) is 2.35. The number of para-hydroxylation sites is 1. The van der Waals surface area contributed by atoms with Gasteiger partial charge in [0.2, 0.25) is 5.88 Å². The van der Waals surface area contributed by atoms with E-state index in [0.29, 0.717) is 12.0 Å². The van der Waals surface area contributed by atoms with Gasteiger partial charge in [0.15, 0.2) is 5.69 Å². The topological polar surface area (TPSA) is 87.0 Å². The fourth-order valence-electron chi connectivity index (χ4n) is 1.54. The summed E-state index contributed by atoms with van der Waals surface area (Å²) in [4.78, 5) is 14.0. The summed E-state index contributed by atoms with van der Waals surface area (Å²) in [7, 11) is 0. The van der Waals surface area contributed by atoms with Crippen LogP contribution in [-0.2, 0) is 9.53 Å². The largest absolute Gasteiger partial charge is 0.493 e. The van der Waals surface area contributed by atoms with E-state index >= 15 is 0 Å². The lowest BCUT2D eigenvalue weighted by molar-refractivity contribution is -0.122. The Morgan fingerprint density at radius 3 is 3.00 bits per heavy atom. The molecule has 0 fully saturated rings. The molecule has 0 unspecified atom stereocenters. The number of azo groups is 1. The summed E-state index contributed by atoms with van der Waals surface area (Å²) < 4.78 is 4.91. The number of nitrogens with one attached hydrogen (secondary N) is 1. The highest BCUT2D eigenvalue weighted by atomic mass is 16.5. The molecule has 18 heavy (non-hydrogen) atoms. The lowest BCUT2D eigenvalue weighted by Gasteiger charge is -1.94. The summed E-state index contributed by atoms with van der Waals surface area (Å²) in [5.74, 6) is -0.592. The van der Waals surface area contributed by atoms with Gasteiger partial charge in [0, 0.05) is 12.0 Å². The van der Waals surface area contributed by atoms with Crippen LogP contribution < -0.4 is 0 Å². The SMILES string of the molecule is CCOCC(=O)N=Nc1c(O)[nH]c2ccccc12. The first kappa shape index (κ1) is 12.3. The number of aromatic nitrogens is 1. The van der Waals surface area contributed by atoms with Crippen molar-refractivity contribution in [3.8, 4) is 5.88 Å². The Morgan fingerprint density at radius 2 is 2.22 bits per heavy atom. The quantitative estimate of drug-likeness (QED) is 0.814. The second-order valence-corrected chi connectivity index (χ2v) is 3.60. The molecule has 1 aromatic carbocycles. The van der Waals surface area contributed by atoms with Crippen molar-refractivity contribution in [1.29, 1.82) is 0 Å². The predicted molar refractivity (Wildman–Crippen MR) is 66.0 cm³/mol. The minimum Gasteiger partial charge on any atom is -0.493 e. The van der Waals surface area contributed by atoms with Gasteiger partial charge in [0.25, 0.3) is 5.91 Å². The van der Waals surface area contributed by atoms with Crippen molar-refractivity contribution < 1.29 is 14.6 Å². The zero-order valence-corrected chi connectivity index (χ0v) is 9.88. The highest BCUT2D eigenvalue weighted by Crippen LogP contribution is 2.34. The first-order valence-electron chi connectivity index (χ1n) is 5.54. The molecule has 0 atom stereocenters.